The Bertz CT molecular complexity index is 1200. The van der Waals surface area contributed by atoms with Crippen molar-refractivity contribution in [3.63, 3.8) is 0 Å². The largest absolute Gasteiger partial charge is 0.497 e. The zero-order valence-corrected chi connectivity index (χ0v) is 19.8. The van der Waals surface area contributed by atoms with Crippen LogP contribution in [0.25, 0.3) is 0 Å². The van der Waals surface area contributed by atoms with Crippen LogP contribution in [0.2, 0.25) is 0 Å². The van der Waals surface area contributed by atoms with Crippen molar-refractivity contribution in [1.29, 1.82) is 0 Å². The second-order valence-corrected chi connectivity index (χ2v) is 9.74. The first-order valence-corrected chi connectivity index (χ1v) is 11.4. The second-order valence-electron chi connectivity index (χ2n) is 9.74. The molecule has 0 saturated carbocycles. The number of rotatable bonds is 4. The van der Waals surface area contributed by atoms with Crippen LogP contribution in [-0.4, -0.2) is 25.0 Å². The van der Waals surface area contributed by atoms with E-state index in [9.17, 15) is 9.59 Å². The Morgan fingerprint density at radius 3 is 2.03 bits per heavy atom. The van der Waals surface area contributed by atoms with Crippen molar-refractivity contribution in [1.82, 2.24) is 0 Å². The van der Waals surface area contributed by atoms with Crippen LogP contribution in [-0.2, 0) is 19.8 Å². The fraction of sp³-hybridized carbons (Fsp3) is 0.286. The summed E-state index contributed by atoms with van der Waals surface area (Å²) in [5.74, 6) is -0.611. The van der Waals surface area contributed by atoms with Gasteiger partial charge in [-0.05, 0) is 52.9 Å². The molecule has 2 amide bonds. The zero-order valence-electron chi connectivity index (χ0n) is 19.8. The van der Waals surface area contributed by atoms with Gasteiger partial charge in [0.05, 0.1) is 24.5 Å². The van der Waals surface area contributed by atoms with E-state index in [0.29, 0.717) is 11.4 Å². The fourth-order valence-corrected chi connectivity index (χ4v) is 4.72. The number of ether oxygens (including phenoxy) is 1. The Labute approximate surface area is 199 Å². The van der Waals surface area contributed by atoms with Gasteiger partial charge in [-0.15, -0.1) is 0 Å². The van der Waals surface area contributed by atoms with Gasteiger partial charge in [0.1, 0.15) is 11.7 Å². The first kappa shape index (κ1) is 22.2. The fourth-order valence-electron chi connectivity index (χ4n) is 4.72. The number of nitrogens with zero attached hydrogens (tertiary/aromatic N) is 2. The van der Waals surface area contributed by atoms with Crippen LogP contribution in [0.5, 0.6) is 5.75 Å². The SMILES string of the molecule is COc1ccc(N2C(=O)C3ON(c4ccccc4)C(c4ccc(C(C)(C)C)cc4)C3C2=O)cc1. The van der Waals surface area contributed by atoms with Gasteiger partial charge in [-0.25, -0.2) is 9.96 Å². The smallest absolute Gasteiger partial charge is 0.266 e. The Balaban J connectivity index is 1.55. The topological polar surface area (TPSA) is 59.1 Å². The van der Waals surface area contributed by atoms with Gasteiger partial charge in [-0.1, -0.05) is 63.2 Å². The highest BCUT2D eigenvalue weighted by Gasteiger charge is 2.60. The highest BCUT2D eigenvalue weighted by molar-refractivity contribution is 6.23. The van der Waals surface area contributed by atoms with Crippen molar-refractivity contribution in [2.45, 2.75) is 38.3 Å². The van der Waals surface area contributed by atoms with E-state index >= 15 is 0 Å². The molecule has 0 aromatic heterocycles. The van der Waals surface area contributed by atoms with Crippen molar-refractivity contribution in [3.05, 3.63) is 90.0 Å². The van der Waals surface area contributed by atoms with Gasteiger partial charge >= 0.3 is 0 Å². The molecule has 2 aliphatic heterocycles. The number of hydrogen-bond donors (Lipinski definition) is 0. The average Bonchev–Trinajstić information content (AvgIpc) is 3.35. The number of para-hydroxylation sites is 1. The Kier molecular flexibility index (Phi) is 5.41. The van der Waals surface area contributed by atoms with E-state index in [-0.39, 0.29) is 17.2 Å². The minimum Gasteiger partial charge on any atom is -0.497 e. The van der Waals surface area contributed by atoms with E-state index in [2.05, 4.69) is 32.9 Å². The normalized spacial score (nSPS) is 22.3. The molecule has 2 heterocycles. The summed E-state index contributed by atoms with van der Waals surface area (Å²) in [6, 6.07) is 24.4. The molecule has 2 aliphatic rings. The summed E-state index contributed by atoms with van der Waals surface area (Å²) < 4.78 is 5.21. The summed E-state index contributed by atoms with van der Waals surface area (Å²) in [7, 11) is 1.58. The number of hydroxylamine groups is 1. The van der Waals surface area contributed by atoms with E-state index in [1.807, 2.05) is 42.5 Å². The molecule has 2 fully saturated rings. The maximum atomic E-state index is 13.7. The molecule has 3 aromatic carbocycles. The Hall–Kier alpha value is -3.64. The molecule has 3 unspecified atom stereocenters. The van der Waals surface area contributed by atoms with Gasteiger partial charge in [0.15, 0.2) is 6.10 Å². The quantitative estimate of drug-likeness (QED) is 0.515. The summed E-state index contributed by atoms with van der Waals surface area (Å²) in [6.07, 6.45) is -0.887. The predicted molar refractivity (Wildman–Crippen MR) is 131 cm³/mol. The average molecular weight is 457 g/mol. The minimum absolute atomic E-state index is 0.0106. The van der Waals surface area contributed by atoms with Gasteiger partial charge in [-0.2, -0.15) is 0 Å². The number of benzene rings is 3. The van der Waals surface area contributed by atoms with Gasteiger partial charge in [0, 0.05) is 0 Å². The van der Waals surface area contributed by atoms with Crippen LogP contribution >= 0.6 is 0 Å². The number of imide groups is 1. The molecule has 0 radical (unpaired) electrons. The van der Waals surface area contributed by atoms with E-state index in [4.69, 9.17) is 9.57 Å². The molecule has 0 aliphatic carbocycles. The van der Waals surface area contributed by atoms with Gasteiger partial charge in [-0.3, -0.25) is 14.4 Å². The molecule has 3 atom stereocenters. The standard InChI is InChI=1S/C28H28N2O4/c1-28(2,3)19-12-10-18(11-13-19)24-23-25(34-30(24)21-8-6-5-7-9-21)27(32)29(26(23)31)20-14-16-22(33-4)17-15-20/h5-17,23-25H,1-4H3. The van der Waals surface area contributed by atoms with Crippen LogP contribution < -0.4 is 14.7 Å². The lowest BCUT2D eigenvalue weighted by Crippen LogP contribution is -2.37. The van der Waals surface area contributed by atoms with Crippen LogP contribution in [0.4, 0.5) is 11.4 Å². The molecule has 6 nitrogen and oxygen atoms in total. The van der Waals surface area contributed by atoms with Crippen molar-refractivity contribution < 1.29 is 19.2 Å². The molecule has 6 heteroatoms. The number of methoxy groups -OCH3 is 1. The second kappa shape index (κ2) is 8.29. The van der Waals surface area contributed by atoms with E-state index in [0.717, 1.165) is 11.3 Å². The van der Waals surface area contributed by atoms with E-state index in [1.165, 1.54) is 10.5 Å². The summed E-state index contributed by atoms with van der Waals surface area (Å²) in [5.41, 5.74) is 3.46. The summed E-state index contributed by atoms with van der Waals surface area (Å²) in [4.78, 5) is 34.6. The van der Waals surface area contributed by atoms with Crippen molar-refractivity contribution in [2.24, 2.45) is 5.92 Å². The molecule has 3 aromatic rings. The molecule has 2 saturated heterocycles. The van der Waals surface area contributed by atoms with Crippen molar-refractivity contribution in [2.75, 3.05) is 17.1 Å². The number of fused-ring (bicyclic) bond motifs is 1. The highest BCUT2D eigenvalue weighted by Crippen LogP contribution is 2.47. The zero-order chi connectivity index (χ0) is 24.0. The highest BCUT2D eigenvalue weighted by atomic mass is 16.7. The van der Waals surface area contributed by atoms with Crippen LogP contribution in [0.3, 0.4) is 0 Å². The van der Waals surface area contributed by atoms with E-state index < -0.39 is 18.1 Å². The number of anilines is 2. The lowest BCUT2D eigenvalue weighted by atomic mass is 9.84. The van der Waals surface area contributed by atoms with Crippen LogP contribution in [0, 0.1) is 5.92 Å². The molecule has 0 spiro atoms. The number of hydrogen-bond acceptors (Lipinski definition) is 5. The summed E-state index contributed by atoms with van der Waals surface area (Å²) in [5, 5.41) is 1.72. The molecule has 0 N–H and O–H groups in total. The first-order chi connectivity index (χ1) is 16.3. The molecular weight excluding hydrogens is 428 g/mol. The first-order valence-electron chi connectivity index (χ1n) is 11.4. The molecule has 174 valence electrons. The Morgan fingerprint density at radius 1 is 0.794 bits per heavy atom. The lowest BCUT2D eigenvalue weighted by Gasteiger charge is -2.29. The Morgan fingerprint density at radius 2 is 1.44 bits per heavy atom. The number of amides is 2. The van der Waals surface area contributed by atoms with Crippen molar-refractivity contribution in [3.8, 4) is 5.75 Å². The van der Waals surface area contributed by atoms with Crippen LogP contribution in [0.1, 0.15) is 37.9 Å². The van der Waals surface area contributed by atoms with Gasteiger partial charge in [0.25, 0.3) is 5.91 Å². The minimum atomic E-state index is -0.887. The number of carbonyl (C=O) groups is 2. The third-order valence-electron chi connectivity index (χ3n) is 6.57. The molecule has 34 heavy (non-hydrogen) atoms. The third-order valence-corrected chi connectivity index (χ3v) is 6.57. The summed E-state index contributed by atoms with van der Waals surface area (Å²) in [6.45, 7) is 6.50. The molecular formula is C28H28N2O4. The third kappa shape index (κ3) is 3.64. The number of carbonyl (C=O) groups excluding carboxylic acids is 2. The van der Waals surface area contributed by atoms with Gasteiger partial charge < -0.3 is 4.74 Å². The van der Waals surface area contributed by atoms with E-state index in [1.54, 1.807) is 36.4 Å². The van der Waals surface area contributed by atoms with Gasteiger partial charge in [0.2, 0.25) is 5.91 Å². The molecule has 5 rings (SSSR count). The maximum Gasteiger partial charge on any atom is 0.266 e. The monoisotopic (exact) mass is 456 g/mol. The summed E-state index contributed by atoms with van der Waals surface area (Å²) >= 11 is 0. The lowest BCUT2D eigenvalue weighted by molar-refractivity contribution is -0.126. The van der Waals surface area contributed by atoms with Crippen LogP contribution in [0.15, 0.2) is 78.9 Å². The predicted octanol–water partition coefficient (Wildman–Crippen LogP) is 5.04. The van der Waals surface area contributed by atoms with Crippen molar-refractivity contribution >= 4 is 23.2 Å². The molecule has 0 bridgehead atoms. The maximum absolute atomic E-state index is 13.7.